The summed E-state index contributed by atoms with van der Waals surface area (Å²) in [7, 11) is 1.99. The van der Waals surface area contributed by atoms with Crippen molar-refractivity contribution in [3.8, 4) is 0 Å². The van der Waals surface area contributed by atoms with Gasteiger partial charge in [-0.05, 0) is 62.3 Å². The molecule has 1 heterocycles. The molecule has 36 heavy (non-hydrogen) atoms. The van der Waals surface area contributed by atoms with Crippen LogP contribution in [-0.2, 0) is 11.2 Å². The van der Waals surface area contributed by atoms with Crippen molar-refractivity contribution in [3.63, 3.8) is 0 Å². The molecule has 0 bridgehead atoms. The molecule has 0 amide bonds. The number of Topliss-reactive ketones (excluding diaryl/α,β-unsaturated/α-hetero) is 1. The molecule has 0 saturated heterocycles. The first kappa shape index (κ1) is 26.8. The van der Waals surface area contributed by atoms with E-state index in [9.17, 15) is 4.79 Å². The van der Waals surface area contributed by atoms with Gasteiger partial charge in [0.05, 0.1) is 23.4 Å². The Labute approximate surface area is 212 Å². The molecule has 0 saturated carbocycles. The van der Waals surface area contributed by atoms with E-state index in [-0.39, 0.29) is 12.3 Å². The number of para-hydroxylation sites is 2. The Kier molecular flexibility index (Phi) is 10.4. The van der Waals surface area contributed by atoms with E-state index in [4.69, 9.17) is 15.9 Å². The summed E-state index contributed by atoms with van der Waals surface area (Å²) in [5.41, 5.74) is 12.6. The van der Waals surface area contributed by atoms with E-state index in [2.05, 4.69) is 51.4 Å². The van der Waals surface area contributed by atoms with Crippen LogP contribution in [0.4, 0.5) is 0 Å². The summed E-state index contributed by atoms with van der Waals surface area (Å²) in [5, 5.41) is 14.3. The maximum atomic E-state index is 11.8. The van der Waals surface area contributed by atoms with Gasteiger partial charge >= 0.3 is 0 Å². The predicted octanol–water partition coefficient (Wildman–Crippen LogP) is 6.52. The van der Waals surface area contributed by atoms with Gasteiger partial charge < -0.3 is 4.90 Å². The number of amidine groups is 1. The second-order valence-electron chi connectivity index (χ2n) is 9.10. The second-order valence-corrected chi connectivity index (χ2v) is 9.10. The number of ketones is 1. The molecule has 0 aliphatic heterocycles. The SMILES string of the molecule is CC(CCCC(=N)N(C)CCCc1c2ccccc2nc2ccccc12)=NCC(=O)CCCN=[N+]=[N-]. The van der Waals surface area contributed by atoms with Gasteiger partial charge in [-0.25, -0.2) is 4.98 Å². The minimum atomic E-state index is 0.0599. The number of aliphatic imine (C=N–C) groups is 1. The van der Waals surface area contributed by atoms with Gasteiger partial charge in [0.25, 0.3) is 0 Å². The van der Waals surface area contributed by atoms with Gasteiger partial charge in [0, 0.05) is 54.4 Å². The van der Waals surface area contributed by atoms with Gasteiger partial charge in [0.1, 0.15) is 0 Å². The number of aromatic nitrogens is 1. The van der Waals surface area contributed by atoms with E-state index in [0.29, 0.717) is 31.6 Å². The highest BCUT2D eigenvalue weighted by atomic mass is 16.1. The summed E-state index contributed by atoms with van der Waals surface area (Å²) in [6.07, 6.45) is 5.14. The maximum Gasteiger partial charge on any atom is 0.154 e. The third kappa shape index (κ3) is 7.89. The van der Waals surface area contributed by atoms with Crippen molar-refractivity contribution in [1.29, 1.82) is 5.41 Å². The predicted molar refractivity (Wildman–Crippen MR) is 148 cm³/mol. The fourth-order valence-corrected chi connectivity index (χ4v) is 4.30. The fourth-order valence-electron chi connectivity index (χ4n) is 4.30. The molecule has 2 aromatic carbocycles. The number of carbonyl (C=O) groups excluding carboxylic acids is 1. The summed E-state index contributed by atoms with van der Waals surface area (Å²) in [6.45, 7) is 3.28. The first-order valence-corrected chi connectivity index (χ1v) is 12.6. The Morgan fingerprint density at radius 3 is 2.33 bits per heavy atom. The van der Waals surface area contributed by atoms with Gasteiger partial charge in [-0.15, -0.1) is 0 Å². The van der Waals surface area contributed by atoms with E-state index < -0.39 is 0 Å². The zero-order chi connectivity index (χ0) is 25.8. The highest BCUT2D eigenvalue weighted by molar-refractivity contribution is 5.97. The van der Waals surface area contributed by atoms with Crippen molar-refractivity contribution in [2.75, 3.05) is 26.7 Å². The number of carbonyl (C=O) groups is 1. The fraction of sp³-hybridized carbons (Fsp3) is 0.429. The number of fused-ring (bicyclic) bond motifs is 2. The Balaban J connectivity index is 1.43. The van der Waals surface area contributed by atoms with Crippen molar-refractivity contribution in [2.45, 2.75) is 51.9 Å². The molecular weight excluding hydrogens is 450 g/mol. The summed E-state index contributed by atoms with van der Waals surface area (Å²) < 4.78 is 0. The standard InChI is InChI=1S/C28H35N7O/c1-21(31-20-22(36)11-8-18-32-34-30)10-7-17-28(29)35(2)19-9-14-23-24-12-3-5-15-26(24)33-27-16-6-4-13-25(23)27/h3-6,12-13,15-16,29H,7-11,14,17-20H2,1-2H3. The van der Waals surface area contributed by atoms with E-state index in [0.717, 1.165) is 49.0 Å². The van der Waals surface area contributed by atoms with Gasteiger partial charge in [-0.2, -0.15) is 0 Å². The molecule has 0 atom stereocenters. The van der Waals surface area contributed by atoms with Crippen molar-refractivity contribution < 1.29 is 4.79 Å². The Hall–Kier alpha value is -3.77. The van der Waals surface area contributed by atoms with Gasteiger partial charge in [0.2, 0.25) is 0 Å². The normalized spacial score (nSPS) is 11.4. The molecule has 8 nitrogen and oxygen atoms in total. The minimum Gasteiger partial charge on any atom is -0.364 e. The van der Waals surface area contributed by atoms with Crippen LogP contribution in [0.3, 0.4) is 0 Å². The number of pyridine rings is 1. The largest absolute Gasteiger partial charge is 0.364 e. The van der Waals surface area contributed by atoms with Gasteiger partial charge in [-0.1, -0.05) is 41.5 Å². The lowest BCUT2D eigenvalue weighted by molar-refractivity contribution is -0.117. The molecule has 0 unspecified atom stereocenters. The summed E-state index contributed by atoms with van der Waals surface area (Å²) in [6, 6.07) is 16.6. The molecule has 3 rings (SSSR count). The van der Waals surface area contributed by atoms with Crippen LogP contribution in [0.1, 0.15) is 51.0 Å². The average Bonchev–Trinajstić information content (AvgIpc) is 2.89. The average molecular weight is 486 g/mol. The van der Waals surface area contributed by atoms with Crippen molar-refractivity contribution >= 4 is 39.1 Å². The first-order chi connectivity index (χ1) is 17.5. The third-order valence-corrected chi connectivity index (χ3v) is 6.33. The number of aryl methyl sites for hydroxylation is 1. The van der Waals surface area contributed by atoms with E-state index >= 15 is 0 Å². The molecule has 1 N–H and O–H groups in total. The van der Waals surface area contributed by atoms with E-state index in [1.54, 1.807) is 0 Å². The molecule has 0 spiro atoms. The van der Waals surface area contributed by atoms with Crippen molar-refractivity contribution in [2.24, 2.45) is 10.1 Å². The minimum absolute atomic E-state index is 0.0599. The molecule has 0 aliphatic rings. The van der Waals surface area contributed by atoms with E-state index in [1.807, 2.05) is 31.0 Å². The third-order valence-electron chi connectivity index (χ3n) is 6.33. The van der Waals surface area contributed by atoms with Crippen LogP contribution in [-0.4, -0.2) is 53.9 Å². The quantitative estimate of drug-likeness (QED) is 0.0532. The molecule has 0 fully saturated rings. The molecule has 3 aromatic rings. The number of hydrogen-bond acceptors (Lipinski definition) is 5. The topological polar surface area (TPSA) is 118 Å². The lowest BCUT2D eigenvalue weighted by Crippen LogP contribution is -2.27. The van der Waals surface area contributed by atoms with Gasteiger partial charge in [-0.3, -0.25) is 15.2 Å². The molecule has 8 heteroatoms. The first-order valence-electron chi connectivity index (χ1n) is 12.6. The van der Waals surface area contributed by atoms with Crippen LogP contribution >= 0.6 is 0 Å². The number of azide groups is 1. The summed E-state index contributed by atoms with van der Waals surface area (Å²) >= 11 is 0. The van der Waals surface area contributed by atoms with Gasteiger partial charge in [0.15, 0.2) is 5.78 Å². The van der Waals surface area contributed by atoms with Crippen LogP contribution in [0.5, 0.6) is 0 Å². The Bertz CT molecular complexity index is 1220. The monoisotopic (exact) mass is 485 g/mol. The second kappa shape index (κ2) is 14.0. The number of nitrogens with one attached hydrogen (secondary N) is 1. The molecule has 0 radical (unpaired) electrons. The highest BCUT2D eigenvalue weighted by Gasteiger charge is 2.10. The van der Waals surface area contributed by atoms with Crippen LogP contribution in [0, 0.1) is 5.41 Å². The van der Waals surface area contributed by atoms with Crippen molar-refractivity contribution in [1.82, 2.24) is 9.88 Å². The van der Waals surface area contributed by atoms with Crippen LogP contribution in [0.15, 0.2) is 58.6 Å². The lowest BCUT2D eigenvalue weighted by atomic mass is 9.98. The van der Waals surface area contributed by atoms with Crippen LogP contribution in [0.25, 0.3) is 32.2 Å². The number of nitrogens with zero attached hydrogens (tertiary/aromatic N) is 6. The number of rotatable bonds is 14. The lowest BCUT2D eigenvalue weighted by Gasteiger charge is -2.20. The number of benzene rings is 2. The van der Waals surface area contributed by atoms with Crippen LogP contribution < -0.4 is 0 Å². The highest BCUT2D eigenvalue weighted by Crippen LogP contribution is 2.27. The molecule has 0 aliphatic carbocycles. The molecule has 188 valence electrons. The molecular formula is C28H35N7O. The zero-order valence-corrected chi connectivity index (χ0v) is 21.3. The molecule has 1 aromatic heterocycles. The van der Waals surface area contributed by atoms with Crippen LogP contribution in [0.2, 0.25) is 0 Å². The van der Waals surface area contributed by atoms with Crippen molar-refractivity contribution in [3.05, 3.63) is 64.5 Å². The Morgan fingerprint density at radius 2 is 1.67 bits per heavy atom. The maximum absolute atomic E-state index is 11.8. The smallest absolute Gasteiger partial charge is 0.154 e. The zero-order valence-electron chi connectivity index (χ0n) is 21.3. The summed E-state index contributed by atoms with van der Waals surface area (Å²) in [5.74, 6) is 0.686. The van der Waals surface area contributed by atoms with E-state index in [1.165, 1.54) is 16.3 Å². The summed E-state index contributed by atoms with van der Waals surface area (Å²) in [4.78, 5) is 25.7. The Morgan fingerprint density at radius 1 is 1.00 bits per heavy atom. The number of hydrogen-bond donors (Lipinski definition) is 1.